The van der Waals surface area contributed by atoms with E-state index < -0.39 is 0 Å². The van der Waals surface area contributed by atoms with Crippen LogP contribution >= 0.6 is 0 Å². The molecule has 1 aliphatic heterocycles. The van der Waals surface area contributed by atoms with Crippen molar-refractivity contribution >= 4 is 22.4 Å². The third-order valence-corrected chi connectivity index (χ3v) is 6.82. The summed E-state index contributed by atoms with van der Waals surface area (Å²) in [7, 11) is 1.67. The standard InChI is InChI=1S/C28H34N2O3/c1-7-29-10-12-30(13-11-29)26(31)15-20(4)23-16-24-25(22-9-8-18(2)14-19(22)3)17-33-28(24)21(5)27(23)32-6/h8-9,14-17H,7,10-13H2,1-6H3/b20-15+. The maximum absolute atomic E-state index is 13.0. The maximum Gasteiger partial charge on any atom is 0.246 e. The summed E-state index contributed by atoms with van der Waals surface area (Å²) in [5.41, 5.74) is 8.24. The van der Waals surface area contributed by atoms with E-state index in [2.05, 4.69) is 49.9 Å². The van der Waals surface area contributed by atoms with E-state index in [9.17, 15) is 4.79 Å². The fourth-order valence-corrected chi connectivity index (χ4v) is 4.83. The number of methoxy groups -OCH3 is 1. The molecule has 1 aliphatic rings. The molecule has 0 unspecified atom stereocenters. The predicted octanol–water partition coefficient (Wildman–Crippen LogP) is 5.60. The van der Waals surface area contributed by atoms with Crippen molar-refractivity contribution < 1.29 is 13.9 Å². The first-order valence-electron chi connectivity index (χ1n) is 11.7. The molecule has 4 rings (SSSR count). The van der Waals surface area contributed by atoms with Crippen LogP contribution in [0.15, 0.2) is 41.0 Å². The van der Waals surface area contributed by atoms with Gasteiger partial charge in [0.1, 0.15) is 11.3 Å². The largest absolute Gasteiger partial charge is 0.496 e. The zero-order valence-corrected chi connectivity index (χ0v) is 20.6. The summed E-state index contributed by atoms with van der Waals surface area (Å²) in [4.78, 5) is 17.3. The lowest BCUT2D eigenvalue weighted by molar-refractivity contribution is -0.127. The van der Waals surface area contributed by atoms with Crippen molar-refractivity contribution in [2.24, 2.45) is 0 Å². The zero-order valence-electron chi connectivity index (χ0n) is 20.6. The Morgan fingerprint density at radius 1 is 1.09 bits per heavy atom. The highest BCUT2D eigenvalue weighted by molar-refractivity contribution is 6.02. The number of nitrogens with zero attached hydrogens (tertiary/aromatic N) is 2. The van der Waals surface area contributed by atoms with Gasteiger partial charge in [0.15, 0.2) is 0 Å². The molecule has 174 valence electrons. The van der Waals surface area contributed by atoms with Crippen molar-refractivity contribution in [1.29, 1.82) is 0 Å². The van der Waals surface area contributed by atoms with Crippen LogP contribution in [0, 0.1) is 20.8 Å². The Morgan fingerprint density at radius 3 is 2.45 bits per heavy atom. The summed E-state index contributed by atoms with van der Waals surface area (Å²) in [5.74, 6) is 0.811. The summed E-state index contributed by atoms with van der Waals surface area (Å²) in [5, 5.41) is 1.03. The molecule has 0 N–H and O–H groups in total. The lowest BCUT2D eigenvalue weighted by Crippen LogP contribution is -2.48. The number of hydrogen-bond acceptors (Lipinski definition) is 4. The van der Waals surface area contributed by atoms with Crippen LogP contribution in [-0.2, 0) is 4.79 Å². The second-order valence-corrected chi connectivity index (χ2v) is 9.01. The SMILES string of the molecule is CCN1CCN(C(=O)/C=C(\C)c2cc3c(-c4ccc(C)cc4C)coc3c(C)c2OC)CC1. The average Bonchev–Trinajstić information content (AvgIpc) is 3.23. The molecule has 33 heavy (non-hydrogen) atoms. The Morgan fingerprint density at radius 2 is 1.82 bits per heavy atom. The third-order valence-electron chi connectivity index (χ3n) is 6.82. The molecule has 0 aliphatic carbocycles. The lowest BCUT2D eigenvalue weighted by Gasteiger charge is -2.33. The second-order valence-electron chi connectivity index (χ2n) is 9.01. The molecular formula is C28H34N2O3. The highest BCUT2D eigenvalue weighted by atomic mass is 16.5. The molecule has 1 amide bonds. The fourth-order valence-electron chi connectivity index (χ4n) is 4.83. The third kappa shape index (κ3) is 4.42. The highest BCUT2D eigenvalue weighted by Gasteiger charge is 2.22. The van der Waals surface area contributed by atoms with Crippen LogP contribution in [0.5, 0.6) is 5.75 Å². The molecule has 0 saturated carbocycles. The van der Waals surface area contributed by atoms with Crippen LogP contribution in [0.2, 0.25) is 0 Å². The number of carbonyl (C=O) groups excluding carboxylic acids is 1. The molecule has 2 aromatic carbocycles. The molecule has 1 saturated heterocycles. The normalized spacial score (nSPS) is 15.3. The molecule has 3 aromatic rings. The number of fused-ring (bicyclic) bond motifs is 1. The van der Waals surface area contributed by atoms with Crippen molar-refractivity contribution in [3.05, 3.63) is 58.9 Å². The number of ether oxygens (including phenoxy) is 1. The number of likely N-dealkylation sites (N-methyl/N-ethyl adjacent to an activating group) is 1. The quantitative estimate of drug-likeness (QED) is 0.479. The molecule has 0 bridgehead atoms. The Labute approximate surface area is 196 Å². The molecule has 0 atom stereocenters. The topological polar surface area (TPSA) is 45.9 Å². The Kier molecular flexibility index (Phi) is 6.61. The summed E-state index contributed by atoms with van der Waals surface area (Å²) < 4.78 is 11.8. The van der Waals surface area contributed by atoms with Gasteiger partial charge in [-0.05, 0) is 57.0 Å². The van der Waals surface area contributed by atoms with Gasteiger partial charge in [-0.25, -0.2) is 0 Å². The fraction of sp³-hybridized carbons (Fsp3) is 0.393. The van der Waals surface area contributed by atoms with Gasteiger partial charge in [-0.1, -0.05) is 30.7 Å². The zero-order chi connectivity index (χ0) is 23.7. The monoisotopic (exact) mass is 446 g/mol. The summed E-state index contributed by atoms with van der Waals surface area (Å²) >= 11 is 0. The molecule has 0 radical (unpaired) electrons. The summed E-state index contributed by atoms with van der Waals surface area (Å²) in [6, 6.07) is 8.57. The van der Waals surface area contributed by atoms with E-state index in [1.165, 1.54) is 11.1 Å². The maximum atomic E-state index is 13.0. The van der Waals surface area contributed by atoms with Gasteiger partial charge in [-0.3, -0.25) is 4.79 Å². The lowest BCUT2D eigenvalue weighted by atomic mass is 9.94. The number of hydrogen-bond donors (Lipinski definition) is 0. The number of piperazine rings is 1. The second kappa shape index (κ2) is 9.44. The minimum Gasteiger partial charge on any atom is -0.496 e. The van der Waals surface area contributed by atoms with Crippen molar-refractivity contribution in [2.75, 3.05) is 39.8 Å². The molecular weight excluding hydrogens is 412 g/mol. The van der Waals surface area contributed by atoms with Gasteiger partial charge in [-0.2, -0.15) is 0 Å². The minimum absolute atomic E-state index is 0.0600. The Hall–Kier alpha value is -3.05. The number of rotatable bonds is 5. The predicted molar refractivity (Wildman–Crippen MR) is 135 cm³/mol. The van der Waals surface area contributed by atoms with Crippen molar-refractivity contribution in [3.8, 4) is 16.9 Å². The van der Waals surface area contributed by atoms with E-state index in [1.54, 1.807) is 13.2 Å². The first kappa shape index (κ1) is 23.1. The van der Waals surface area contributed by atoms with Gasteiger partial charge < -0.3 is 19.0 Å². The van der Waals surface area contributed by atoms with Crippen LogP contribution in [0.25, 0.3) is 27.7 Å². The molecule has 1 fully saturated rings. The van der Waals surface area contributed by atoms with Gasteiger partial charge in [0.25, 0.3) is 0 Å². The van der Waals surface area contributed by atoms with Crippen molar-refractivity contribution in [1.82, 2.24) is 9.80 Å². The van der Waals surface area contributed by atoms with Crippen LogP contribution < -0.4 is 4.74 Å². The van der Waals surface area contributed by atoms with E-state index in [4.69, 9.17) is 9.15 Å². The summed E-state index contributed by atoms with van der Waals surface area (Å²) in [6.45, 7) is 14.8. The van der Waals surface area contributed by atoms with Crippen LogP contribution in [-0.4, -0.2) is 55.5 Å². The van der Waals surface area contributed by atoms with Crippen LogP contribution in [0.4, 0.5) is 0 Å². The molecule has 0 spiro atoms. The van der Waals surface area contributed by atoms with E-state index in [0.29, 0.717) is 0 Å². The number of allylic oxidation sites excluding steroid dienone is 1. The molecule has 1 aromatic heterocycles. The molecule has 5 heteroatoms. The smallest absolute Gasteiger partial charge is 0.246 e. The van der Waals surface area contributed by atoms with Crippen molar-refractivity contribution in [2.45, 2.75) is 34.6 Å². The van der Waals surface area contributed by atoms with Crippen molar-refractivity contribution in [3.63, 3.8) is 0 Å². The first-order chi connectivity index (χ1) is 15.8. The van der Waals surface area contributed by atoms with E-state index in [1.807, 2.05) is 25.0 Å². The van der Waals surface area contributed by atoms with Gasteiger partial charge in [0.2, 0.25) is 5.91 Å². The number of amides is 1. The van der Waals surface area contributed by atoms with E-state index in [0.717, 1.165) is 77.3 Å². The van der Waals surface area contributed by atoms with Gasteiger partial charge in [-0.15, -0.1) is 0 Å². The number of benzene rings is 2. The van der Waals surface area contributed by atoms with Gasteiger partial charge in [0, 0.05) is 54.3 Å². The van der Waals surface area contributed by atoms with Crippen LogP contribution in [0.3, 0.4) is 0 Å². The van der Waals surface area contributed by atoms with Gasteiger partial charge in [0.05, 0.1) is 13.4 Å². The summed E-state index contributed by atoms with van der Waals surface area (Å²) in [6.07, 6.45) is 3.58. The number of carbonyl (C=O) groups is 1. The van der Waals surface area contributed by atoms with E-state index >= 15 is 0 Å². The molecule has 2 heterocycles. The Balaban J connectivity index is 1.75. The van der Waals surface area contributed by atoms with E-state index in [-0.39, 0.29) is 5.91 Å². The van der Waals surface area contributed by atoms with Gasteiger partial charge >= 0.3 is 0 Å². The first-order valence-corrected chi connectivity index (χ1v) is 11.7. The van der Waals surface area contributed by atoms with Crippen LogP contribution in [0.1, 0.15) is 36.1 Å². The number of aryl methyl sites for hydroxylation is 3. The average molecular weight is 447 g/mol. The number of furan rings is 1. The molecule has 5 nitrogen and oxygen atoms in total. The highest BCUT2D eigenvalue weighted by Crippen LogP contribution is 2.41. The Bertz CT molecular complexity index is 1210. The minimum atomic E-state index is 0.0600.